The fourth-order valence-electron chi connectivity index (χ4n) is 3.02. The molecule has 1 fully saturated rings. The first-order chi connectivity index (χ1) is 9.06. The molecule has 1 saturated carbocycles. The highest BCUT2D eigenvalue weighted by Crippen LogP contribution is 2.38. The Morgan fingerprint density at radius 1 is 1.32 bits per heavy atom. The maximum Gasteiger partial charge on any atom is 0.127 e. The van der Waals surface area contributed by atoms with Crippen LogP contribution in [0.25, 0.3) is 0 Å². The Balaban J connectivity index is 2.04. The van der Waals surface area contributed by atoms with E-state index in [-0.39, 0.29) is 5.41 Å². The Kier molecular flexibility index (Phi) is 4.64. The molecule has 0 radical (unpaired) electrons. The van der Waals surface area contributed by atoms with E-state index in [1.807, 2.05) is 12.1 Å². The van der Waals surface area contributed by atoms with Crippen LogP contribution >= 0.6 is 11.6 Å². The summed E-state index contributed by atoms with van der Waals surface area (Å²) in [5.41, 5.74) is 1.13. The van der Waals surface area contributed by atoms with Gasteiger partial charge < -0.3 is 4.79 Å². The van der Waals surface area contributed by atoms with Gasteiger partial charge in [0.15, 0.2) is 0 Å². The molecule has 3 heteroatoms. The standard InChI is InChI=1S/C16H22ClNO/c1-13(14-5-7-15(17)8-6-14)18(2)11-16(12-19)9-3-4-10-16/h5-8,12-13H,3-4,9-11H2,1-2H3. The molecule has 0 N–H and O–H groups in total. The zero-order chi connectivity index (χ0) is 13.9. The second kappa shape index (κ2) is 6.06. The van der Waals surface area contributed by atoms with E-state index in [4.69, 9.17) is 11.6 Å². The molecule has 104 valence electrons. The second-order valence-corrected chi connectivity index (χ2v) is 6.27. The van der Waals surface area contributed by atoms with Crippen LogP contribution in [0.1, 0.15) is 44.2 Å². The van der Waals surface area contributed by atoms with E-state index in [0.29, 0.717) is 6.04 Å². The molecule has 19 heavy (non-hydrogen) atoms. The average molecular weight is 280 g/mol. The number of nitrogens with zero attached hydrogens (tertiary/aromatic N) is 1. The molecule has 1 aliphatic rings. The van der Waals surface area contributed by atoms with Gasteiger partial charge in [0.25, 0.3) is 0 Å². The maximum atomic E-state index is 11.4. The van der Waals surface area contributed by atoms with Gasteiger partial charge in [-0.1, -0.05) is 36.6 Å². The van der Waals surface area contributed by atoms with Crippen molar-refractivity contribution < 1.29 is 4.79 Å². The quantitative estimate of drug-likeness (QED) is 0.757. The average Bonchev–Trinajstić information content (AvgIpc) is 2.88. The normalized spacial score (nSPS) is 19.6. The third-order valence-electron chi connectivity index (χ3n) is 4.43. The molecule has 0 spiro atoms. The van der Waals surface area contributed by atoms with Gasteiger partial charge in [0, 0.05) is 23.0 Å². The van der Waals surface area contributed by atoms with Gasteiger partial charge in [0.2, 0.25) is 0 Å². The van der Waals surface area contributed by atoms with Crippen LogP contribution in [-0.2, 0) is 4.79 Å². The summed E-state index contributed by atoms with van der Waals surface area (Å²) in [4.78, 5) is 13.7. The largest absolute Gasteiger partial charge is 0.303 e. The van der Waals surface area contributed by atoms with Gasteiger partial charge in [-0.3, -0.25) is 4.90 Å². The minimum atomic E-state index is -0.116. The zero-order valence-corrected chi connectivity index (χ0v) is 12.5. The molecule has 0 amide bonds. The lowest BCUT2D eigenvalue weighted by Crippen LogP contribution is -2.36. The lowest BCUT2D eigenvalue weighted by Gasteiger charge is -2.32. The highest BCUT2D eigenvalue weighted by molar-refractivity contribution is 6.30. The lowest BCUT2D eigenvalue weighted by molar-refractivity contribution is -0.117. The van der Waals surface area contributed by atoms with Crippen LogP contribution in [0.3, 0.4) is 0 Å². The zero-order valence-electron chi connectivity index (χ0n) is 11.7. The van der Waals surface area contributed by atoms with E-state index in [9.17, 15) is 4.79 Å². The molecule has 0 saturated heterocycles. The number of benzene rings is 1. The summed E-state index contributed by atoms with van der Waals surface area (Å²) in [6, 6.07) is 8.27. The van der Waals surface area contributed by atoms with Crippen molar-refractivity contribution in [2.24, 2.45) is 5.41 Å². The number of hydrogen-bond acceptors (Lipinski definition) is 2. The number of hydrogen-bond donors (Lipinski definition) is 0. The maximum absolute atomic E-state index is 11.4. The van der Waals surface area contributed by atoms with Crippen LogP contribution in [0.5, 0.6) is 0 Å². The number of halogens is 1. The van der Waals surface area contributed by atoms with Gasteiger partial charge in [-0.15, -0.1) is 0 Å². The number of aldehydes is 1. The van der Waals surface area contributed by atoms with E-state index in [2.05, 4.69) is 31.0 Å². The highest BCUT2D eigenvalue weighted by Gasteiger charge is 2.35. The third kappa shape index (κ3) is 3.37. The monoisotopic (exact) mass is 279 g/mol. The van der Waals surface area contributed by atoms with Crippen molar-refractivity contribution in [2.75, 3.05) is 13.6 Å². The predicted molar refractivity (Wildman–Crippen MR) is 79.5 cm³/mol. The number of carbonyl (C=O) groups is 1. The molecule has 1 aromatic rings. The number of rotatable bonds is 5. The molecule has 0 aromatic heterocycles. The van der Waals surface area contributed by atoms with Crippen molar-refractivity contribution in [3.05, 3.63) is 34.9 Å². The summed E-state index contributed by atoms with van der Waals surface area (Å²) in [6.07, 6.45) is 5.62. The topological polar surface area (TPSA) is 20.3 Å². The van der Waals surface area contributed by atoms with E-state index in [1.54, 1.807) is 0 Å². The molecule has 1 aliphatic carbocycles. The minimum Gasteiger partial charge on any atom is -0.303 e. The summed E-state index contributed by atoms with van der Waals surface area (Å²) >= 11 is 5.92. The first-order valence-corrected chi connectivity index (χ1v) is 7.36. The van der Waals surface area contributed by atoms with Crippen molar-refractivity contribution in [2.45, 2.75) is 38.6 Å². The molecule has 1 aromatic carbocycles. The van der Waals surface area contributed by atoms with Gasteiger partial charge in [0.05, 0.1) is 0 Å². The van der Waals surface area contributed by atoms with Gasteiger partial charge >= 0.3 is 0 Å². The van der Waals surface area contributed by atoms with Crippen molar-refractivity contribution in [1.29, 1.82) is 0 Å². The Labute approximate surface area is 120 Å². The van der Waals surface area contributed by atoms with Crippen LogP contribution in [0.4, 0.5) is 0 Å². The van der Waals surface area contributed by atoms with E-state index in [1.165, 1.54) is 24.7 Å². The molecule has 1 atom stereocenters. The first-order valence-electron chi connectivity index (χ1n) is 6.98. The SMILES string of the molecule is CC(c1ccc(Cl)cc1)N(C)CC1(C=O)CCCC1. The molecule has 0 heterocycles. The van der Waals surface area contributed by atoms with Crippen LogP contribution in [0.15, 0.2) is 24.3 Å². The molecule has 1 unspecified atom stereocenters. The van der Waals surface area contributed by atoms with Crippen molar-refractivity contribution >= 4 is 17.9 Å². The van der Waals surface area contributed by atoms with E-state index < -0.39 is 0 Å². The van der Waals surface area contributed by atoms with Crippen molar-refractivity contribution in [1.82, 2.24) is 4.90 Å². The van der Waals surface area contributed by atoms with Crippen molar-refractivity contribution in [3.63, 3.8) is 0 Å². The van der Waals surface area contributed by atoms with Gasteiger partial charge in [0.1, 0.15) is 6.29 Å². The van der Waals surface area contributed by atoms with E-state index >= 15 is 0 Å². The molecule has 0 aliphatic heterocycles. The fourth-order valence-corrected chi connectivity index (χ4v) is 3.15. The Morgan fingerprint density at radius 3 is 2.42 bits per heavy atom. The number of carbonyl (C=O) groups excluding carboxylic acids is 1. The smallest absolute Gasteiger partial charge is 0.127 e. The molecule has 2 rings (SSSR count). The van der Waals surface area contributed by atoms with Crippen LogP contribution in [0.2, 0.25) is 5.02 Å². The Bertz CT molecular complexity index is 423. The molecule has 2 nitrogen and oxygen atoms in total. The van der Waals surface area contributed by atoms with Gasteiger partial charge in [-0.25, -0.2) is 0 Å². The Hall–Kier alpha value is -0.860. The van der Waals surface area contributed by atoms with Gasteiger partial charge in [-0.2, -0.15) is 0 Å². The second-order valence-electron chi connectivity index (χ2n) is 5.83. The summed E-state index contributed by atoms with van der Waals surface area (Å²) in [5.74, 6) is 0. The summed E-state index contributed by atoms with van der Waals surface area (Å²) in [6.45, 7) is 3.02. The van der Waals surface area contributed by atoms with E-state index in [0.717, 1.165) is 24.4 Å². The first kappa shape index (κ1) is 14.5. The fraction of sp³-hybridized carbons (Fsp3) is 0.562. The summed E-state index contributed by atoms with van der Waals surface area (Å²) in [7, 11) is 2.10. The van der Waals surface area contributed by atoms with Crippen molar-refractivity contribution in [3.8, 4) is 0 Å². The highest BCUT2D eigenvalue weighted by atomic mass is 35.5. The lowest BCUT2D eigenvalue weighted by atomic mass is 9.87. The van der Waals surface area contributed by atoms with Gasteiger partial charge in [-0.05, 0) is 44.5 Å². The van der Waals surface area contributed by atoms with Crippen LogP contribution in [0, 0.1) is 5.41 Å². The molecular formula is C16H22ClNO. The molecular weight excluding hydrogens is 258 g/mol. The minimum absolute atomic E-state index is 0.116. The van der Waals surface area contributed by atoms with Crippen LogP contribution in [-0.4, -0.2) is 24.8 Å². The molecule has 0 bridgehead atoms. The van der Waals surface area contributed by atoms with Crippen LogP contribution < -0.4 is 0 Å². The Morgan fingerprint density at radius 2 is 1.89 bits per heavy atom. The third-order valence-corrected chi connectivity index (χ3v) is 4.68. The summed E-state index contributed by atoms with van der Waals surface area (Å²) in [5, 5.41) is 0.763. The summed E-state index contributed by atoms with van der Waals surface area (Å²) < 4.78 is 0. The predicted octanol–water partition coefficient (Wildman–Crippen LogP) is 4.09.